The summed E-state index contributed by atoms with van der Waals surface area (Å²) in [4.78, 5) is 0. The van der Waals surface area contributed by atoms with Crippen LogP contribution >= 0.6 is 0 Å². The lowest BCUT2D eigenvalue weighted by molar-refractivity contribution is 0.392. The Hall–Kier alpha value is -0.260. The van der Waals surface area contributed by atoms with Gasteiger partial charge in [0.1, 0.15) is 0 Å². The molecular formula is C11H20. The molecule has 0 nitrogen and oxygen atoms in total. The van der Waals surface area contributed by atoms with Crippen molar-refractivity contribution in [3.63, 3.8) is 0 Å². The molecule has 0 fully saturated rings. The smallest absolute Gasteiger partial charge is 0.0202 e. The van der Waals surface area contributed by atoms with Gasteiger partial charge in [0.15, 0.2) is 0 Å². The highest BCUT2D eigenvalue weighted by molar-refractivity contribution is 5.08. The first kappa shape index (κ1) is 8.83. The Morgan fingerprint density at radius 1 is 1.64 bits per heavy atom. The summed E-state index contributed by atoms with van der Waals surface area (Å²) in [6.07, 6.45) is 7.98. The number of hydrogen-bond donors (Lipinski definition) is 0. The molecule has 1 aliphatic carbocycles. The average Bonchev–Trinajstić information content (AvgIpc) is 2.36. The molecule has 2 unspecified atom stereocenters. The second kappa shape index (κ2) is 3.94. The van der Waals surface area contributed by atoms with Gasteiger partial charge < -0.3 is 0 Å². The minimum absolute atomic E-state index is 0.898. The Morgan fingerprint density at radius 2 is 2.36 bits per heavy atom. The number of rotatable bonds is 3. The fourth-order valence-corrected chi connectivity index (χ4v) is 2.04. The summed E-state index contributed by atoms with van der Waals surface area (Å²) in [5.41, 5.74) is 1.61. The molecule has 11 heavy (non-hydrogen) atoms. The Bertz CT molecular complexity index is 144. The van der Waals surface area contributed by atoms with Gasteiger partial charge in [-0.05, 0) is 31.6 Å². The molecule has 0 radical (unpaired) electrons. The van der Waals surface area contributed by atoms with Gasteiger partial charge in [0, 0.05) is 0 Å². The molecule has 2 atom stereocenters. The van der Waals surface area contributed by atoms with Gasteiger partial charge in [-0.15, -0.1) is 0 Å². The van der Waals surface area contributed by atoms with Crippen LogP contribution in [0.1, 0.15) is 46.5 Å². The highest BCUT2D eigenvalue weighted by Crippen LogP contribution is 2.31. The van der Waals surface area contributed by atoms with Crippen molar-refractivity contribution in [1.29, 1.82) is 0 Å². The van der Waals surface area contributed by atoms with E-state index in [9.17, 15) is 0 Å². The fourth-order valence-electron chi connectivity index (χ4n) is 2.04. The third-order valence-corrected chi connectivity index (χ3v) is 2.85. The van der Waals surface area contributed by atoms with Crippen molar-refractivity contribution < 1.29 is 0 Å². The van der Waals surface area contributed by atoms with Crippen LogP contribution in [0, 0.1) is 11.8 Å². The molecule has 0 spiro atoms. The topological polar surface area (TPSA) is 0 Å². The van der Waals surface area contributed by atoms with Crippen molar-refractivity contribution >= 4 is 0 Å². The van der Waals surface area contributed by atoms with Crippen molar-refractivity contribution in [2.75, 3.05) is 0 Å². The lowest BCUT2D eigenvalue weighted by Crippen LogP contribution is -2.05. The summed E-state index contributed by atoms with van der Waals surface area (Å²) in [5.74, 6) is 1.81. The van der Waals surface area contributed by atoms with Gasteiger partial charge >= 0.3 is 0 Å². The monoisotopic (exact) mass is 152 g/mol. The molecule has 0 saturated heterocycles. The summed E-state index contributed by atoms with van der Waals surface area (Å²) < 4.78 is 0. The molecule has 0 N–H and O–H groups in total. The van der Waals surface area contributed by atoms with Crippen molar-refractivity contribution in [2.24, 2.45) is 11.8 Å². The molecule has 0 bridgehead atoms. The molecule has 0 amide bonds. The normalized spacial score (nSPS) is 26.8. The zero-order chi connectivity index (χ0) is 8.27. The van der Waals surface area contributed by atoms with Crippen LogP contribution in [0.25, 0.3) is 0 Å². The maximum Gasteiger partial charge on any atom is -0.0202 e. The van der Waals surface area contributed by atoms with Gasteiger partial charge in [-0.25, -0.2) is 0 Å². The molecule has 64 valence electrons. The summed E-state index contributed by atoms with van der Waals surface area (Å²) in [6, 6.07) is 0. The minimum atomic E-state index is 0.898. The first-order valence-electron chi connectivity index (χ1n) is 4.91. The van der Waals surface area contributed by atoms with E-state index in [-0.39, 0.29) is 0 Å². The largest absolute Gasteiger partial charge is 0.0822 e. The molecule has 0 aromatic rings. The van der Waals surface area contributed by atoms with E-state index >= 15 is 0 Å². The van der Waals surface area contributed by atoms with Crippen LogP contribution < -0.4 is 0 Å². The minimum Gasteiger partial charge on any atom is -0.0822 e. The molecule has 0 saturated carbocycles. The molecule has 0 heteroatoms. The van der Waals surface area contributed by atoms with Crippen molar-refractivity contribution in [3.05, 3.63) is 11.6 Å². The van der Waals surface area contributed by atoms with Crippen LogP contribution in [0.15, 0.2) is 11.6 Å². The van der Waals surface area contributed by atoms with Gasteiger partial charge in [0.25, 0.3) is 0 Å². The predicted molar refractivity (Wildman–Crippen MR) is 50.6 cm³/mol. The molecule has 0 aliphatic heterocycles. The maximum absolute atomic E-state index is 2.49. The Morgan fingerprint density at radius 3 is 2.82 bits per heavy atom. The SMILES string of the molecule is CCCC(C)C1C=C(C)CC1. The van der Waals surface area contributed by atoms with E-state index in [1.54, 1.807) is 5.57 Å². The lowest BCUT2D eigenvalue weighted by Gasteiger charge is -2.15. The standard InChI is InChI=1S/C11H20/c1-4-5-10(3)11-7-6-9(2)8-11/h8,10-11H,4-7H2,1-3H3. The lowest BCUT2D eigenvalue weighted by atomic mass is 9.90. The van der Waals surface area contributed by atoms with Crippen LogP contribution in [0.2, 0.25) is 0 Å². The van der Waals surface area contributed by atoms with Gasteiger partial charge in [0.05, 0.1) is 0 Å². The van der Waals surface area contributed by atoms with Gasteiger partial charge in [0.2, 0.25) is 0 Å². The third-order valence-electron chi connectivity index (χ3n) is 2.85. The second-order valence-corrected chi connectivity index (χ2v) is 3.98. The fraction of sp³-hybridized carbons (Fsp3) is 0.818. The van der Waals surface area contributed by atoms with Crippen LogP contribution in [-0.4, -0.2) is 0 Å². The van der Waals surface area contributed by atoms with E-state index in [1.165, 1.54) is 25.7 Å². The first-order chi connectivity index (χ1) is 5.24. The van der Waals surface area contributed by atoms with Crippen LogP contribution in [0.3, 0.4) is 0 Å². The average molecular weight is 152 g/mol. The van der Waals surface area contributed by atoms with E-state index in [2.05, 4.69) is 26.8 Å². The predicted octanol–water partition coefficient (Wildman–Crippen LogP) is 3.78. The van der Waals surface area contributed by atoms with Crippen molar-refractivity contribution in [2.45, 2.75) is 46.5 Å². The number of hydrogen-bond acceptors (Lipinski definition) is 0. The van der Waals surface area contributed by atoms with Crippen molar-refractivity contribution in [3.8, 4) is 0 Å². The highest BCUT2D eigenvalue weighted by atomic mass is 14.2. The first-order valence-corrected chi connectivity index (χ1v) is 4.91. The van der Waals surface area contributed by atoms with E-state index < -0.39 is 0 Å². The van der Waals surface area contributed by atoms with Crippen LogP contribution in [-0.2, 0) is 0 Å². The molecule has 1 rings (SSSR count). The summed E-state index contributed by atoms with van der Waals surface area (Å²) in [5, 5.41) is 0. The summed E-state index contributed by atoms with van der Waals surface area (Å²) >= 11 is 0. The molecule has 0 aromatic carbocycles. The van der Waals surface area contributed by atoms with E-state index in [0.29, 0.717) is 0 Å². The van der Waals surface area contributed by atoms with Gasteiger partial charge in [-0.3, -0.25) is 0 Å². The Labute approximate surface area is 70.7 Å². The Kier molecular flexibility index (Phi) is 3.16. The van der Waals surface area contributed by atoms with E-state index in [0.717, 1.165) is 11.8 Å². The van der Waals surface area contributed by atoms with Crippen LogP contribution in [0.4, 0.5) is 0 Å². The summed E-state index contributed by atoms with van der Waals surface area (Å²) in [7, 11) is 0. The quantitative estimate of drug-likeness (QED) is 0.540. The zero-order valence-electron chi connectivity index (χ0n) is 8.06. The highest BCUT2D eigenvalue weighted by Gasteiger charge is 2.18. The van der Waals surface area contributed by atoms with Gasteiger partial charge in [-0.1, -0.05) is 38.3 Å². The molecule has 0 heterocycles. The molecular weight excluding hydrogens is 132 g/mol. The third kappa shape index (κ3) is 2.36. The van der Waals surface area contributed by atoms with Crippen LogP contribution in [0.5, 0.6) is 0 Å². The number of allylic oxidation sites excluding steroid dienone is 2. The molecule has 1 aliphatic rings. The summed E-state index contributed by atoms with van der Waals surface area (Å²) in [6.45, 7) is 6.93. The van der Waals surface area contributed by atoms with E-state index in [4.69, 9.17) is 0 Å². The zero-order valence-corrected chi connectivity index (χ0v) is 8.06. The second-order valence-electron chi connectivity index (χ2n) is 3.98. The maximum atomic E-state index is 2.49. The molecule has 0 aromatic heterocycles. The Balaban J connectivity index is 2.36. The van der Waals surface area contributed by atoms with Gasteiger partial charge in [-0.2, -0.15) is 0 Å². The van der Waals surface area contributed by atoms with E-state index in [1.807, 2.05) is 0 Å². The van der Waals surface area contributed by atoms with Crippen molar-refractivity contribution in [1.82, 2.24) is 0 Å².